The van der Waals surface area contributed by atoms with Crippen molar-refractivity contribution in [3.8, 4) is 0 Å². The predicted octanol–water partition coefficient (Wildman–Crippen LogP) is 2.51. The third-order valence-corrected chi connectivity index (χ3v) is 4.08. The lowest BCUT2D eigenvalue weighted by molar-refractivity contribution is -0.144. The topological polar surface area (TPSA) is 69.6 Å². The van der Waals surface area contributed by atoms with Gasteiger partial charge in [-0.05, 0) is 38.8 Å². The van der Waals surface area contributed by atoms with Gasteiger partial charge in [0, 0.05) is 6.54 Å². The van der Waals surface area contributed by atoms with E-state index < -0.39 is 17.6 Å². The summed E-state index contributed by atoms with van der Waals surface area (Å²) >= 11 is 0. The number of carbonyl (C=O) groups is 2. The maximum atomic E-state index is 12.6. The first-order chi connectivity index (χ1) is 10.6. The zero-order valence-electron chi connectivity index (χ0n) is 14.7. The fourth-order valence-electron chi connectivity index (χ4n) is 2.26. The monoisotopic (exact) mass is 320 g/mol. The molecule has 1 atom stereocenters. The Morgan fingerprint density at radius 1 is 1.22 bits per heavy atom. The molecule has 1 rings (SSSR count). The van der Waals surface area contributed by atoms with Crippen molar-refractivity contribution < 1.29 is 14.7 Å². The van der Waals surface area contributed by atoms with Gasteiger partial charge in [0.25, 0.3) is 0 Å². The molecule has 0 aliphatic heterocycles. The molecule has 0 heterocycles. The van der Waals surface area contributed by atoms with Crippen molar-refractivity contribution in [1.82, 2.24) is 10.2 Å². The van der Waals surface area contributed by atoms with Crippen LogP contribution in [-0.2, 0) is 16.1 Å². The minimum absolute atomic E-state index is 0.196. The van der Waals surface area contributed by atoms with Gasteiger partial charge in [0.1, 0.15) is 6.04 Å². The van der Waals surface area contributed by atoms with E-state index in [9.17, 15) is 14.7 Å². The first-order valence-electron chi connectivity index (χ1n) is 7.93. The molecule has 2 N–H and O–H groups in total. The van der Waals surface area contributed by atoms with E-state index in [4.69, 9.17) is 0 Å². The number of carboxylic acids is 1. The second-order valence-electron chi connectivity index (χ2n) is 6.89. The Morgan fingerprint density at radius 3 is 2.26 bits per heavy atom. The van der Waals surface area contributed by atoms with Gasteiger partial charge in [0.15, 0.2) is 0 Å². The van der Waals surface area contributed by atoms with Crippen molar-refractivity contribution in [3.05, 3.63) is 35.9 Å². The van der Waals surface area contributed by atoms with Crippen LogP contribution < -0.4 is 5.32 Å². The van der Waals surface area contributed by atoms with Gasteiger partial charge in [0.05, 0.1) is 5.54 Å². The maximum absolute atomic E-state index is 12.6. The molecule has 5 heteroatoms. The Hall–Kier alpha value is -1.88. The van der Waals surface area contributed by atoms with E-state index in [1.54, 1.807) is 13.8 Å². The number of hydrogen-bond donors (Lipinski definition) is 2. The van der Waals surface area contributed by atoms with Gasteiger partial charge in [0.2, 0.25) is 5.91 Å². The van der Waals surface area contributed by atoms with Gasteiger partial charge in [-0.3, -0.25) is 9.69 Å². The Balaban J connectivity index is 2.76. The number of nitrogens with zero attached hydrogens (tertiary/aromatic N) is 1. The number of nitrogens with one attached hydrogen (secondary N) is 1. The van der Waals surface area contributed by atoms with Crippen LogP contribution in [0.5, 0.6) is 0 Å². The summed E-state index contributed by atoms with van der Waals surface area (Å²) in [5.74, 6) is -1.07. The van der Waals surface area contributed by atoms with E-state index in [0.29, 0.717) is 13.0 Å². The minimum Gasteiger partial charge on any atom is -0.480 e. The number of carboxylic acid groups (broad SMARTS) is 1. The van der Waals surface area contributed by atoms with E-state index in [-0.39, 0.29) is 11.8 Å². The van der Waals surface area contributed by atoms with E-state index in [1.165, 1.54) is 0 Å². The van der Waals surface area contributed by atoms with Crippen LogP contribution in [0.2, 0.25) is 0 Å². The molecule has 0 aliphatic rings. The standard InChI is InChI=1S/C18H28N2O3/c1-13(2)11-15(16(21)22)19-17(23)18(3,4)20(5)12-14-9-7-6-8-10-14/h6-10,13,15H,11-12H2,1-5H3,(H,19,23)(H,21,22). The average Bonchev–Trinajstić information content (AvgIpc) is 2.46. The van der Waals surface area contributed by atoms with Crippen LogP contribution in [0.1, 0.15) is 39.7 Å². The molecule has 0 radical (unpaired) electrons. The number of benzene rings is 1. The predicted molar refractivity (Wildman–Crippen MR) is 91.0 cm³/mol. The fourth-order valence-corrected chi connectivity index (χ4v) is 2.26. The number of likely N-dealkylation sites (N-methyl/N-ethyl adjacent to an activating group) is 1. The molecule has 128 valence electrons. The van der Waals surface area contributed by atoms with E-state index in [0.717, 1.165) is 5.56 Å². The van der Waals surface area contributed by atoms with E-state index in [1.807, 2.05) is 56.1 Å². The molecule has 0 spiro atoms. The van der Waals surface area contributed by atoms with Crippen LogP contribution in [0.3, 0.4) is 0 Å². The van der Waals surface area contributed by atoms with Crippen LogP contribution in [0.25, 0.3) is 0 Å². The summed E-state index contributed by atoms with van der Waals surface area (Å²) in [6.07, 6.45) is 0.416. The largest absolute Gasteiger partial charge is 0.480 e. The third kappa shape index (κ3) is 5.67. The van der Waals surface area contributed by atoms with Gasteiger partial charge in [-0.1, -0.05) is 44.2 Å². The lowest BCUT2D eigenvalue weighted by Gasteiger charge is -2.35. The van der Waals surface area contributed by atoms with Crippen molar-refractivity contribution in [3.63, 3.8) is 0 Å². The van der Waals surface area contributed by atoms with Crippen LogP contribution in [-0.4, -0.2) is 40.5 Å². The van der Waals surface area contributed by atoms with E-state index in [2.05, 4.69) is 5.32 Å². The molecule has 0 saturated carbocycles. The molecule has 1 amide bonds. The lowest BCUT2D eigenvalue weighted by Crippen LogP contribution is -2.56. The van der Waals surface area contributed by atoms with Gasteiger partial charge in [-0.15, -0.1) is 0 Å². The highest BCUT2D eigenvalue weighted by atomic mass is 16.4. The number of amides is 1. The molecule has 5 nitrogen and oxygen atoms in total. The summed E-state index contributed by atoms with van der Waals surface area (Å²) in [5.41, 5.74) is 0.299. The first-order valence-corrected chi connectivity index (χ1v) is 7.93. The first kappa shape index (κ1) is 19.2. The SMILES string of the molecule is CC(C)CC(NC(=O)C(C)(C)N(C)Cc1ccccc1)C(=O)O. The smallest absolute Gasteiger partial charge is 0.326 e. The minimum atomic E-state index is -0.992. The second-order valence-corrected chi connectivity index (χ2v) is 6.89. The van der Waals surface area contributed by atoms with Crippen molar-refractivity contribution >= 4 is 11.9 Å². The number of rotatable bonds is 8. The van der Waals surface area contributed by atoms with E-state index >= 15 is 0 Å². The van der Waals surface area contributed by atoms with Crippen LogP contribution in [0, 0.1) is 5.92 Å². The highest BCUT2D eigenvalue weighted by molar-refractivity contribution is 5.89. The lowest BCUT2D eigenvalue weighted by atomic mass is 9.98. The molecule has 1 aromatic rings. The molecule has 0 saturated heterocycles. The van der Waals surface area contributed by atoms with Crippen LogP contribution in [0.4, 0.5) is 0 Å². The molecule has 0 aromatic heterocycles. The summed E-state index contributed by atoms with van der Waals surface area (Å²) < 4.78 is 0. The van der Waals surface area contributed by atoms with Gasteiger partial charge in [-0.25, -0.2) is 4.79 Å². The number of aliphatic carboxylic acids is 1. The number of hydrogen-bond acceptors (Lipinski definition) is 3. The second kappa shape index (κ2) is 8.11. The Labute approximate surface area is 138 Å². The molecular formula is C18H28N2O3. The van der Waals surface area contributed by atoms with Crippen molar-refractivity contribution in [2.45, 2.75) is 52.2 Å². The molecule has 23 heavy (non-hydrogen) atoms. The fraction of sp³-hybridized carbons (Fsp3) is 0.556. The van der Waals surface area contributed by atoms with Gasteiger partial charge in [-0.2, -0.15) is 0 Å². The summed E-state index contributed by atoms with van der Waals surface area (Å²) in [4.78, 5) is 25.8. The molecule has 0 bridgehead atoms. The summed E-state index contributed by atoms with van der Waals surface area (Å²) in [7, 11) is 1.87. The average molecular weight is 320 g/mol. The zero-order chi connectivity index (χ0) is 17.6. The van der Waals surface area contributed by atoms with Gasteiger partial charge >= 0.3 is 5.97 Å². The Bertz CT molecular complexity index is 526. The molecule has 1 unspecified atom stereocenters. The Kier molecular flexibility index (Phi) is 6.76. The van der Waals surface area contributed by atoms with Crippen LogP contribution in [0.15, 0.2) is 30.3 Å². The van der Waals surface area contributed by atoms with Crippen molar-refractivity contribution in [2.24, 2.45) is 5.92 Å². The highest BCUT2D eigenvalue weighted by Crippen LogP contribution is 2.17. The number of carbonyl (C=O) groups excluding carboxylic acids is 1. The molecule has 1 aromatic carbocycles. The summed E-state index contributed by atoms with van der Waals surface area (Å²) in [5, 5.41) is 12.0. The van der Waals surface area contributed by atoms with Crippen molar-refractivity contribution in [2.75, 3.05) is 7.05 Å². The van der Waals surface area contributed by atoms with Crippen LogP contribution >= 0.6 is 0 Å². The quantitative estimate of drug-likeness (QED) is 0.772. The Morgan fingerprint density at radius 2 is 1.78 bits per heavy atom. The maximum Gasteiger partial charge on any atom is 0.326 e. The van der Waals surface area contributed by atoms with Crippen molar-refractivity contribution in [1.29, 1.82) is 0 Å². The zero-order valence-corrected chi connectivity index (χ0v) is 14.7. The normalized spacial score (nSPS) is 13.2. The summed E-state index contributed by atoms with van der Waals surface area (Å²) in [6.45, 7) is 8.10. The molecule has 0 aliphatic carbocycles. The third-order valence-electron chi connectivity index (χ3n) is 4.08. The highest BCUT2D eigenvalue weighted by Gasteiger charge is 2.35. The molecular weight excluding hydrogens is 292 g/mol. The summed E-state index contributed by atoms with van der Waals surface area (Å²) in [6, 6.07) is 9.02. The van der Waals surface area contributed by atoms with Gasteiger partial charge < -0.3 is 10.4 Å². The molecule has 0 fully saturated rings.